The van der Waals surface area contributed by atoms with Crippen molar-refractivity contribution in [1.82, 2.24) is 9.88 Å². The van der Waals surface area contributed by atoms with E-state index in [1.165, 1.54) is 17.4 Å². The normalized spacial score (nSPS) is 16.4. The predicted octanol–water partition coefficient (Wildman–Crippen LogP) is 7.77. The molecule has 10 nitrogen and oxygen atoms in total. The van der Waals surface area contributed by atoms with Crippen LogP contribution in [0.5, 0.6) is 0 Å². The molecule has 3 aliphatic rings. The third kappa shape index (κ3) is 10.6. The molecule has 1 amide bonds. The van der Waals surface area contributed by atoms with Crippen molar-refractivity contribution >= 4 is 53.7 Å². The van der Waals surface area contributed by atoms with Crippen LogP contribution in [-0.2, 0) is 17.6 Å². The Kier molecular flexibility index (Phi) is 14.2. The van der Waals surface area contributed by atoms with Crippen LogP contribution in [0.2, 0.25) is 0 Å². The lowest BCUT2D eigenvalue weighted by Gasteiger charge is -2.53. The number of aryl methyl sites for hydroxylation is 1. The number of aromatic nitrogens is 1. The molecule has 0 bridgehead atoms. The number of likely N-dealkylation sites (N-methyl/N-ethyl adjacent to an activating group) is 1. The highest BCUT2D eigenvalue weighted by Gasteiger charge is 2.44. The first kappa shape index (κ1) is 40.7. The number of pyridine rings is 1. The molecule has 0 unspecified atom stereocenters. The average molecular weight is 769 g/mol. The fourth-order valence-electron chi connectivity index (χ4n) is 6.53. The summed E-state index contributed by atoms with van der Waals surface area (Å²) < 4.78 is 32.9. The topological polar surface area (TPSA) is 116 Å². The van der Waals surface area contributed by atoms with Gasteiger partial charge in [-0.1, -0.05) is 6.07 Å². The first-order valence-corrected chi connectivity index (χ1v) is 18.8. The molecule has 0 radical (unpaired) electrons. The lowest BCUT2D eigenvalue weighted by Crippen LogP contribution is -2.59. The van der Waals surface area contributed by atoms with Crippen LogP contribution in [0.15, 0.2) is 89.7 Å². The van der Waals surface area contributed by atoms with Crippen molar-refractivity contribution < 1.29 is 27.9 Å². The zero-order valence-electron chi connectivity index (χ0n) is 31.3. The maximum absolute atomic E-state index is 13.8. The minimum Gasteiger partial charge on any atom is -0.388 e. The molecule has 0 atom stereocenters. The molecule has 2 aromatic heterocycles. The summed E-state index contributed by atoms with van der Waals surface area (Å²) in [5.41, 5.74) is 5.55. The number of nitrogens with zero attached hydrogens (tertiary/aromatic N) is 4. The molecule has 4 aromatic rings. The van der Waals surface area contributed by atoms with Crippen LogP contribution in [-0.4, -0.2) is 82.0 Å². The van der Waals surface area contributed by atoms with E-state index in [1.807, 2.05) is 63.5 Å². The number of allylic oxidation sites excluding steroid dienone is 3. The highest BCUT2D eigenvalue weighted by Crippen LogP contribution is 2.42. The van der Waals surface area contributed by atoms with Gasteiger partial charge in [0.15, 0.2) is 6.29 Å². The second kappa shape index (κ2) is 19.2. The largest absolute Gasteiger partial charge is 0.388 e. The van der Waals surface area contributed by atoms with Crippen LogP contribution >= 0.6 is 11.3 Å². The summed E-state index contributed by atoms with van der Waals surface area (Å²) >= 11 is 1.35. The van der Waals surface area contributed by atoms with Gasteiger partial charge in [0.25, 0.3) is 5.91 Å². The van der Waals surface area contributed by atoms with Gasteiger partial charge in [0.05, 0.1) is 10.4 Å². The van der Waals surface area contributed by atoms with Crippen molar-refractivity contribution in [3.63, 3.8) is 0 Å². The Balaban J connectivity index is 0.000000177. The lowest BCUT2D eigenvalue weighted by atomic mass is 9.73. The van der Waals surface area contributed by atoms with Crippen LogP contribution in [0.1, 0.15) is 59.4 Å². The summed E-state index contributed by atoms with van der Waals surface area (Å²) in [5, 5.41) is 5.31. The molecule has 2 saturated heterocycles. The Bertz CT molecular complexity index is 2010. The number of ether oxygens (including phenoxy) is 1. The van der Waals surface area contributed by atoms with Gasteiger partial charge in [-0.05, 0) is 105 Å². The second-order valence-electron chi connectivity index (χ2n) is 13.6. The number of aldehydes is 2. The lowest BCUT2D eigenvalue weighted by molar-refractivity contribution is -0.000506. The molecular formula is C42H46F2N6O4S. The Labute approximate surface area is 324 Å². The van der Waals surface area contributed by atoms with E-state index >= 15 is 0 Å². The minimum atomic E-state index is -0.795. The molecule has 2 N–H and O–H groups in total. The summed E-state index contributed by atoms with van der Waals surface area (Å²) in [7, 11) is 3.86. The van der Waals surface area contributed by atoms with E-state index in [0.29, 0.717) is 27.8 Å². The number of aliphatic imine (C=N–C) groups is 1. The summed E-state index contributed by atoms with van der Waals surface area (Å²) in [6.07, 6.45) is 10.9. The molecule has 2 aromatic carbocycles. The molecule has 5 heterocycles. The van der Waals surface area contributed by atoms with E-state index in [9.17, 15) is 23.2 Å². The van der Waals surface area contributed by atoms with Gasteiger partial charge in [-0.2, -0.15) is 0 Å². The van der Waals surface area contributed by atoms with Crippen molar-refractivity contribution in [1.29, 1.82) is 0 Å². The molecule has 0 saturated carbocycles. The summed E-state index contributed by atoms with van der Waals surface area (Å²) in [6, 6.07) is 16.3. The van der Waals surface area contributed by atoms with Crippen molar-refractivity contribution in [3.05, 3.63) is 128 Å². The first-order valence-electron chi connectivity index (χ1n) is 18.0. The van der Waals surface area contributed by atoms with Gasteiger partial charge in [-0.25, -0.2) is 13.8 Å². The van der Waals surface area contributed by atoms with Gasteiger partial charge in [0, 0.05) is 92.5 Å². The molecule has 3 aliphatic heterocycles. The van der Waals surface area contributed by atoms with Crippen LogP contribution in [0, 0.1) is 24.0 Å². The highest BCUT2D eigenvalue weighted by molar-refractivity contribution is 7.14. The number of hydrogen-bond donors (Lipinski definition) is 2. The van der Waals surface area contributed by atoms with E-state index in [1.54, 1.807) is 18.3 Å². The molecule has 13 heteroatoms. The molecule has 7 rings (SSSR count). The van der Waals surface area contributed by atoms with E-state index in [2.05, 4.69) is 37.1 Å². The molecule has 288 valence electrons. The molecule has 55 heavy (non-hydrogen) atoms. The summed E-state index contributed by atoms with van der Waals surface area (Å²) in [6.45, 7) is 9.94. The number of carbonyl (C=O) groups excluding carboxylic acids is 3. The minimum absolute atomic E-state index is 0.407. The number of carbonyl (C=O) groups is 3. The highest BCUT2D eigenvalue weighted by atomic mass is 32.1. The van der Waals surface area contributed by atoms with E-state index in [4.69, 9.17) is 4.74 Å². The molecule has 0 aliphatic carbocycles. The van der Waals surface area contributed by atoms with Crippen molar-refractivity contribution in [3.8, 4) is 0 Å². The SMILES string of the molecule is C=N/C=C\C=C1/Cc2sc(C(=O)Nc3c(F)cccc3F)cc2CCN1C.CNc1ccc(C=O)cc1.Cc1ccc(C=O)c(N2CC3(CCOCC3)C2)n1. The number of hydrogen-bond acceptors (Lipinski definition) is 10. The Morgan fingerprint density at radius 1 is 1.04 bits per heavy atom. The standard InChI is InChI=1S/C20H19F2N3OS.C14H18N2O2.C8H9NO/c1-23-9-4-5-14-12-17-13(8-10-25(14)2)11-18(27-17)20(26)24-19-15(21)6-3-7-16(19)22;1-11-2-3-12(8-17)13(15-11)16-9-14(10-16)4-6-18-7-5-14;1-9-8-4-2-7(6-10)3-5-8/h3-7,9,11H,1,8,10,12H2,2H3,(H,24,26);2-3,8H,4-7,9-10H2,1H3;2-6,9H,1H3/b9-4-,14-5+;;. The van der Waals surface area contributed by atoms with E-state index in [-0.39, 0.29) is 0 Å². The van der Waals surface area contributed by atoms with Gasteiger partial charge in [-0.15, -0.1) is 11.3 Å². The summed E-state index contributed by atoms with van der Waals surface area (Å²) in [5.74, 6) is -1.25. The van der Waals surface area contributed by atoms with Crippen molar-refractivity contribution in [2.75, 3.05) is 62.5 Å². The third-order valence-corrected chi connectivity index (χ3v) is 10.9. The number of benzene rings is 2. The third-order valence-electron chi connectivity index (χ3n) is 9.76. The first-order chi connectivity index (χ1) is 26.6. The van der Waals surface area contributed by atoms with Crippen LogP contribution in [0.4, 0.5) is 26.0 Å². The van der Waals surface area contributed by atoms with Gasteiger partial charge in [-0.3, -0.25) is 19.4 Å². The van der Waals surface area contributed by atoms with Crippen LogP contribution in [0.25, 0.3) is 0 Å². The second-order valence-corrected chi connectivity index (χ2v) is 14.7. The van der Waals surface area contributed by atoms with Crippen molar-refractivity contribution in [2.24, 2.45) is 10.4 Å². The maximum atomic E-state index is 13.8. The Morgan fingerprint density at radius 2 is 1.75 bits per heavy atom. The number of rotatable bonds is 8. The number of halogens is 2. The Morgan fingerprint density at radius 3 is 2.38 bits per heavy atom. The summed E-state index contributed by atoms with van der Waals surface area (Å²) in [4.78, 5) is 47.8. The number of fused-ring (bicyclic) bond motifs is 1. The van der Waals surface area contributed by atoms with Crippen LogP contribution < -0.4 is 15.5 Å². The zero-order valence-corrected chi connectivity index (χ0v) is 32.1. The molecular weight excluding hydrogens is 723 g/mol. The fourth-order valence-corrected chi connectivity index (χ4v) is 7.65. The smallest absolute Gasteiger partial charge is 0.265 e. The van der Waals surface area contributed by atoms with Gasteiger partial charge >= 0.3 is 0 Å². The van der Waals surface area contributed by atoms with Crippen LogP contribution in [0.3, 0.4) is 0 Å². The van der Waals surface area contributed by atoms with Gasteiger partial charge < -0.3 is 25.2 Å². The van der Waals surface area contributed by atoms with E-state index in [0.717, 1.165) is 110 Å². The molecule has 2 fully saturated rings. The van der Waals surface area contributed by atoms with Crippen molar-refractivity contribution in [2.45, 2.75) is 32.6 Å². The number of amides is 1. The average Bonchev–Trinajstić information content (AvgIpc) is 3.54. The fraction of sp³-hybridized carbons (Fsp3) is 0.310. The Hall–Kier alpha value is -5.53. The zero-order chi connectivity index (χ0) is 39.4. The molecule has 1 spiro atoms. The number of thiophene rings is 1. The quantitative estimate of drug-likeness (QED) is 0.138. The van der Waals surface area contributed by atoms with Gasteiger partial charge in [0.2, 0.25) is 0 Å². The van der Waals surface area contributed by atoms with E-state index < -0.39 is 23.2 Å². The van der Waals surface area contributed by atoms with Gasteiger partial charge in [0.1, 0.15) is 29.4 Å². The number of para-hydroxylation sites is 1. The monoisotopic (exact) mass is 768 g/mol. The number of nitrogens with one attached hydrogen (secondary N) is 2. The maximum Gasteiger partial charge on any atom is 0.265 e. The number of anilines is 3. The predicted molar refractivity (Wildman–Crippen MR) is 216 cm³/mol.